The fourth-order valence-electron chi connectivity index (χ4n) is 1.67. The molecule has 2 rings (SSSR count). The summed E-state index contributed by atoms with van der Waals surface area (Å²) in [5.74, 6) is -1.91. The van der Waals surface area contributed by atoms with Crippen LogP contribution in [0.5, 0.6) is 0 Å². The molecule has 7 heteroatoms. The topological polar surface area (TPSA) is 66.0 Å². The van der Waals surface area contributed by atoms with Gasteiger partial charge in [0.1, 0.15) is 11.1 Å². The quantitative estimate of drug-likeness (QED) is 0.887. The largest absolute Gasteiger partial charge is 0.480 e. The van der Waals surface area contributed by atoms with Gasteiger partial charge in [0.25, 0.3) is 0 Å². The number of carbonyl (C=O) groups is 1. The van der Waals surface area contributed by atoms with Crippen molar-refractivity contribution in [3.05, 3.63) is 29.6 Å². The van der Waals surface area contributed by atoms with Crippen molar-refractivity contribution in [3.8, 4) is 0 Å². The molecule has 0 aliphatic heterocycles. The van der Waals surface area contributed by atoms with Crippen LogP contribution in [0.2, 0.25) is 0 Å². The zero-order chi connectivity index (χ0) is 14.0. The van der Waals surface area contributed by atoms with Crippen LogP contribution >= 0.6 is 11.8 Å². The summed E-state index contributed by atoms with van der Waals surface area (Å²) in [4.78, 5) is 17.8. The molecular weight excluding hydrogens is 274 g/mol. The molecule has 1 heterocycles. The van der Waals surface area contributed by atoms with Gasteiger partial charge in [0, 0.05) is 12.1 Å². The Kier molecular flexibility index (Phi) is 4.04. The molecule has 0 saturated heterocycles. The Bertz CT molecular complexity index is 576. The molecule has 4 nitrogen and oxygen atoms in total. The third-order valence-electron chi connectivity index (χ3n) is 2.64. The van der Waals surface area contributed by atoms with Gasteiger partial charge in [-0.05, 0) is 6.42 Å². The first-order valence-corrected chi connectivity index (χ1v) is 6.74. The van der Waals surface area contributed by atoms with Crippen LogP contribution in [0, 0.1) is 11.6 Å². The van der Waals surface area contributed by atoms with Gasteiger partial charge in [-0.1, -0.05) is 6.92 Å². The van der Waals surface area contributed by atoms with Gasteiger partial charge in [0.05, 0.1) is 16.8 Å². The number of nitrogens with one attached hydrogen (secondary N) is 1. The number of aliphatic carboxylic acids is 1. The second-order valence-electron chi connectivity index (χ2n) is 4.01. The van der Waals surface area contributed by atoms with Gasteiger partial charge in [0.15, 0.2) is 11.6 Å². The number of fused-ring (bicyclic) bond motifs is 1. The van der Waals surface area contributed by atoms with E-state index in [9.17, 15) is 13.6 Å². The van der Waals surface area contributed by atoms with Crippen molar-refractivity contribution in [1.29, 1.82) is 0 Å². The van der Waals surface area contributed by atoms with Crippen LogP contribution in [0.15, 0.2) is 12.1 Å². The van der Waals surface area contributed by atoms with Crippen LogP contribution < -0.4 is 0 Å². The van der Waals surface area contributed by atoms with Gasteiger partial charge in [0.2, 0.25) is 0 Å². The summed E-state index contributed by atoms with van der Waals surface area (Å²) in [6, 6.07) is 2.06. The molecule has 19 heavy (non-hydrogen) atoms. The number of rotatable bonds is 5. The number of H-pyrrole nitrogens is 1. The zero-order valence-corrected chi connectivity index (χ0v) is 10.9. The van der Waals surface area contributed by atoms with Crippen LogP contribution in [0.3, 0.4) is 0 Å². The van der Waals surface area contributed by atoms with Gasteiger partial charge >= 0.3 is 5.97 Å². The first-order valence-electron chi connectivity index (χ1n) is 5.69. The molecule has 0 aliphatic carbocycles. The summed E-state index contributed by atoms with van der Waals surface area (Å²) in [5, 5.41) is 8.40. The minimum absolute atomic E-state index is 0.331. The van der Waals surface area contributed by atoms with Gasteiger partial charge in [-0.25, -0.2) is 13.8 Å². The van der Waals surface area contributed by atoms with E-state index >= 15 is 0 Å². The average Bonchev–Trinajstić information content (AvgIpc) is 2.72. The lowest BCUT2D eigenvalue weighted by Crippen LogP contribution is -2.15. The molecule has 2 aromatic rings. The van der Waals surface area contributed by atoms with Crippen molar-refractivity contribution in [3.63, 3.8) is 0 Å². The fourth-order valence-corrected chi connectivity index (χ4v) is 2.54. The highest BCUT2D eigenvalue weighted by atomic mass is 32.2. The van der Waals surface area contributed by atoms with Crippen molar-refractivity contribution in [2.75, 3.05) is 0 Å². The van der Waals surface area contributed by atoms with E-state index in [2.05, 4.69) is 9.97 Å². The number of aromatic amines is 1. The third kappa shape index (κ3) is 3.04. The van der Waals surface area contributed by atoms with Crippen LogP contribution in [0.4, 0.5) is 8.78 Å². The SMILES string of the molecule is CCC(SCc1nc2cc(F)c(F)cc2[nH]1)C(=O)O. The second-order valence-corrected chi connectivity index (χ2v) is 5.20. The number of benzene rings is 1. The number of imidazole rings is 1. The Labute approximate surface area is 112 Å². The highest BCUT2D eigenvalue weighted by molar-refractivity contribution is 7.99. The Hall–Kier alpha value is -1.63. The van der Waals surface area contributed by atoms with E-state index in [0.717, 1.165) is 12.1 Å². The highest BCUT2D eigenvalue weighted by Gasteiger charge is 2.16. The standard InChI is InChI=1S/C12H12F2N2O2S/c1-2-10(12(17)18)19-5-11-15-8-3-6(13)7(14)4-9(8)16-11/h3-4,10H,2,5H2,1H3,(H,15,16)(H,17,18). The maximum atomic E-state index is 13.0. The number of aromatic nitrogens is 2. The number of carboxylic acids is 1. The molecule has 0 bridgehead atoms. The molecule has 2 N–H and O–H groups in total. The maximum absolute atomic E-state index is 13.0. The molecule has 1 atom stereocenters. The molecular formula is C12H12F2N2O2S. The number of hydrogen-bond donors (Lipinski definition) is 2. The highest BCUT2D eigenvalue weighted by Crippen LogP contribution is 2.22. The molecule has 1 aromatic carbocycles. The predicted octanol–water partition coefficient (Wildman–Crippen LogP) is 2.94. The van der Waals surface area contributed by atoms with Gasteiger partial charge in [-0.2, -0.15) is 0 Å². The first-order chi connectivity index (χ1) is 9.01. The molecule has 0 saturated carbocycles. The molecule has 0 amide bonds. The van der Waals surface area contributed by atoms with E-state index in [0.29, 0.717) is 29.0 Å². The average molecular weight is 286 g/mol. The van der Waals surface area contributed by atoms with Gasteiger partial charge < -0.3 is 10.1 Å². The molecule has 0 fully saturated rings. The van der Waals surface area contributed by atoms with Crippen molar-refractivity contribution >= 4 is 28.8 Å². The number of halogens is 2. The van der Waals surface area contributed by atoms with Gasteiger partial charge in [-0.3, -0.25) is 4.79 Å². The Morgan fingerprint density at radius 2 is 2.16 bits per heavy atom. The lowest BCUT2D eigenvalue weighted by Gasteiger charge is -2.07. The number of nitrogens with zero attached hydrogens (tertiary/aromatic N) is 1. The van der Waals surface area contributed by atoms with E-state index < -0.39 is 22.9 Å². The Morgan fingerprint density at radius 3 is 2.79 bits per heavy atom. The second kappa shape index (κ2) is 5.56. The van der Waals surface area contributed by atoms with Crippen LogP contribution in [0.1, 0.15) is 19.2 Å². The summed E-state index contributed by atoms with van der Waals surface area (Å²) < 4.78 is 26.0. The molecule has 0 aliphatic rings. The number of carboxylic acid groups (broad SMARTS) is 1. The van der Waals surface area contributed by atoms with E-state index in [1.165, 1.54) is 11.8 Å². The summed E-state index contributed by atoms with van der Waals surface area (Å²) in [7, 11) is 0. The van der Waals surface area contributed by atoms with E-state index in [1.54, 1.807) is 6.92 Å². The van der Waals surface area contributed by atoms with E-state index in [1.807, 2.05) is 0 Å². The number of thioether (sulfide) groups is 1. The summed E-state index contributed by atoms with van der Waals surface area (Å²) in [6.07, 6.45) is 0.503. The summed E-state index contributed by atoms with van der Waals surface area (Å²) in [5.41, 5.74) is 0.732. The minimum atomic E-state index is -0.949. The lowest BCUT2D eigenvalue weighted by atomic mass is 10.3. The summed E-state index contributed by atoms with van der Waals surface area (Å²) >= 11 is 1.23. The lowest BCUT2D eigenvalue weighted by molar-refractivity contribution is -0.136. The maximum Gasteiger partial charge on any atom is 0.316 e. The minimum Gasteiger partial charge on any atom is -0.480 e. The molecule has 102 valence electrons. The smallest absolute Gasteiger partial charge is 0.316 e. The predicted molar refractivity (Wildman–Crippen MR) is 69.0 cm³/mol. The van der Waals surface area contributed by atoms with Crippen LogP contribution in [-0.4, -0.2) is 26.3 Å². The fraction of sp³-hybridized carbons (Fsp3) is 0.333. The van der Waals surface area contributed by atoms with E-state index in [4.69, 9.17) is 5.11 Å². The van der Waals surface area contributed by atoms with Crippen LogP contribution in [0.25, 0.3) is 11.0 Å². The first kappa shape index (κ1) is 13.8. The normalized spacial score (nSPS) is 12.8. The van der Waals surface area contributed by atoms with Gasteiger partial charge in [-0.15, -0.1) is 11.8 Å². The molecule has 0 spiro atoms. The van der Waals surface area contributed by atoms with Crippen molar-refractivity contribution in [2.45, 2.75) is 24.3 Å². The van der Waals surface area contributed by atoms with Crippen LogP contribution in [-0.2, 0) is 10.5 Å². The van der Waals surface area contributed by atoms with Crippen molar-refractivity contribution in [1.82, 2.24) is 9.97 Å². The van der Waals surface area contributed by atoms with Crippen molar-refractivity contribution < 1.29 is 18.7 Å². The summed E-state index contributed by atoms with van der Waals surface area (Å²) in [6.45, 7) is 1.79. The Balaban J connectivity index is 2.15. The third-order valence-corrected chi connectivity index (χ3v) is 4.02. The van der Waals surface area contributed by atoms with Crippen molar-refractivity contribution in [2.24, 2.45) is 0 Å². The Morgan fingerprint density at radius 1 is 1.47 bits per heavy atom. The molecule has 1 aromatic heterocycles. The monoisotopic (exact) mass is 286 g/mol. The number of hydrogen-bond acceptors (Lipinski definition) is 3. The molecule has 0 radical (unpaired) electrons. The molecule has 1 unspecified atom stereocenters. The zero-order valence-electron chi connectivity index (χ0n) is 10.1. The van der Waals surface area contributed by atoms with E-state index in [-0.39, 0.29) is 0 Å².